The molecule has 0 saturated carbocycles. The Balaban J connectivity index is 2.11. The number of aromatic carboxylic acids is 1. The molecule has 0 aliphatic carbocycles. The number of urea groups is 1. The maximum atomic E-state index is 12.2. The monoisotopic (exact) mass is 332 g/mol. The number of sulfone groups is 1. The largest absolute Gasteiger partial charge is 0.478 e. The molecule has 0 spiro atoms. The van der Waals surface area contributed by atoms with Gasteiger partial charge in [-0.05, 0) is 24.8 Å². The van der Waals surface area contributed by atoms with E-state index in [0.29, 0.717) is 13.0 Å². The number of carboxylic acid groups (broad SMARTS) is 1. The highest BCUT2D eigenvalue weighted by atomic mass is 32.2. The molecule has 0 radical (unpaired) electrons. The van der Waals surface area contributed by atoms with Crippen LogP contribution in [0.4, 0.5) is 9.80 Å². The average molecular weight is 332 g/mol. The third kappa shape index (κ3) is 3.53. The molecule has 1 aromatic rings. The van der Waals surface area contributed by atoms with Gasteiger partial charge in [-0.15, -0.1) is 11.3 Å². The summed E-state index contributed by atoms with van der Waals surface area (Å²) in [4.78, 5) is 24.7. The van der Waals surface area contributed by atoms with E-state index in [9.17, 15) is 18.0 Å². The predicted molar refractivity (Wildman–Crippen MR) is 79.7 cm³/mol. The maximum absolute atomic E-state index is 12.2. The lowest BCUT2D eigenvalue weighted by molar-refractivity contribution is 0.0698. The molecule has 0 bridgehead atoms. The molecule has 1 fully saturated rings. The van der Waals surface area contributed by atoms with Gasteiger partial charge in [-0.3, -0.25) is 5.32 Å². The third-order valence-electron chi connectivity index (χ3n) is 3.37. The van der Waals surface area contributed by atoms with Crippen LogP contribution in [0.3, 0.4) is 0 Å². The van der Waals surface area contributed by atoms with Crippen molar-refractivity contribution >= 4 is 38.2 Å². The van der Waals surface area contributed by atoms with Gasteiger partial charge in [0.05, 0.1) is 17.1 Å². The Hall–Kier alpha value is -1.61. The summed E-state index contributed by atoms with van der Waals surface area (Å²) in [5.41, 5.74) is 0.0310. The van der Waals surface area contributed by atoms with E-state index >= 15 is 0 Å². The van der Waals surface area contributed by atoms with Gasteiger partial charge in [0.2, 0.25) is 0 Å². The smallest absolute Gasteiger partial charge is 0.338 e. The zero-order valence-corrected chi connectivity index (χ0v) is 13.0. The molecule has 2 N–H and O–H groups in total. The summed E-state index contributed by atoms with van der Waals surface area (Å²) in [5, 5.41) is 13.4. The van der Waals surface area contributed by atoms with Crippen LogP contribution >= 0.6 is 11.3 Å². The number of anilines is 1. The number of nitrogens with zero attached hydrogens (tertiary/aromatic N) is 1. The Morgan fingerprint density at radius 2 is 2.24 bits per heavy atom. The average Bonchev–Trinajstić information content (AvgIpc) is 2.97. The van der Waals surface area contributed by atoms with E-state index < -0.39 is 21.8 Å². The summed E-state index contributed by atoms with van der Waals surface area (Å²) in [7, 11) is -3.08. The van der Waals surface area contributed by atoms with Gasteiger partial charge in [0.1, 0.15) is 5.00 Å². The highest BCUT2D eigenvalue weighted by Gasteiger charge is 2.34. The quantitative estimate of drug-likeness (QED) is 0.869. The van der Waals surface area contributed by atoms with Crippen LogP contribution in [-0.4, -0.2) is 54.5 Å². The topological polar surface area (TPSA) is 104 Å². The predicted octanol–water partition coefficient (Wildman–Crippen LogP) is 1.49. The summed E-state index contributed by atoms with van der Waals surface area (Å²) < 4.78 is 23.0. The van der Waals surface area contributed by atoms with Gasteiger partial charge >= 0.3 is 12.0 Å². The van der Waals surface area contributed by atoms with Crippen molar-refractivity contribution in [1.82, 2.24) is 4.90 Å². The van der Waals surface area contributed by atoms with Gasteiger partial charge in [0.15, 0.2) is 9.84 Å². The minimum Gasteiger partial charge on any atom is -0.478 e. The van der Waals surface area contributed by atoms with E-state index in [4.69, 9.17) is 5.11 Å². The Kier molecular flexibility index (Phi) is 4.52. The van der Waals surface area contributed by atoms with E-state index in [1.165, 1.54) is 11.0 Å². The fourth-order valence-corrected chi connectivity index (χ4v) is 4.83. The number of hydrogen-bond donors (Lipinski definition) is 2. The fourth-order valence-electron chi connectivity index (χ4n) is 2.33. The van der Waals surface area contributed by atoms with E-state index in [1.807, 2.05) is 0 Å². The van der Waals surface area contributed by atoms with Crippen molar-refractivity contribution in [2.75, 3.05) is 23.4 Å². The standard InChI is InChI=1S/C12H16N2O5S2/c1-2-14(8-4-6-21(18,19)7-8)12(17)13-10-9(11(15)16)3-5-20-10/h3,5,8H,2,4,6-7H2,1H3,(H,13,17)(H,15,16). The van der Waals surface area contributed by atoms with Gasteiger partial charge in [-0.2, -0.15) is 0 Å². The molecule has 1 aromatic heterocycles. The third-order valence-corrected chi connectivity index (χ3v) is 5.95. The fraction of sp³-hybridized carbons (Fsp3) is 0.500. The minimum absolute atomic E-state index is 0.0310. The van der Waals surface area contributed by atoms with Crippen LogP contribution in [0.15, 0.2) is 11.4 Å². The Morgan fingerprint density at radius 3 is 2.76 bits per heavy atom. The minimum atomic E-state index is -3.08. The van der Waals surface area contributed by atoms with Crippen molar-refractivity contribution in [3.05, 3.63) is 17.0 Å². The summed E-state index contributed by atoms with van der Waals surface area (Å²) in [5.74, 6) is -1.07. The lowest BCUT2D eigenvalue weighted by Gasteiger charge is -2.26. The molecule has 0 aromatic carbocycles. The lowest BCUT2D eigenvalue weighted by Crippen LogP contribution is -2.43. The summed E-state index contributed by atoms with van der Waals surface area (Å²) >= 11 is 1.12. The molecule has 1 aliphatic heterocycles. The Labute approximate surface area is 126 Å². The number of carbonyl (C=O) groups excluding carboxylic acids is 1. The maximum Gasteiger partial charge on any atom is 0.338 e. The van der Waals surface area contributed by atoms with Crippen molar-refractivity contribution in [2.24, 2.45) is 0 Å². The first-order valence-electron chi connectivity index (χ1n) is 6.43. The number of rotatable bonds is 4. The number of carboxylic acids is 1. The van der Waals surface area contributed by atoms with Gasteiger partial charge in [0.25, 0.3) is 0 Å². The molecule has 7 nitrogen and oxygen atoms in total. The molecule has 2 heterocycles. The molecule has 1 saturated heterocycles. The number of nitrogens with one attached hydrogen (secondary N) is 1. The molecule has 2 amide bonds. The lowest BCUT2D eigenvalue weighted by atomic mass is 10.2. The first kappa shape index (κ1) is 15.8. The highest BCUT2D eigenvalue weighted by molar-refractivity contribution is 7.91. The Bertz CT molecular complexity index is 652. The molecule has 1 atom stereocenters. The van der Waals surface area contributed by atoms with Crippen molar-refractivity contribution in [3.63, 3.8) is 0 Å². The van der Waals surface area contributed by atoms with Crippen LogP contribution in [0, 0.1) is 0 Å². The number of thiophene rings is 1. The van der Waals surface area contributed by atoms with Gasteiger partial charge < -0.3 is 10.0 Å². The van der Waals surface area contributed by atoms with Crippen LogP contribution in [0.5, 0.6) is 0 Å². The van der Waals surface area contributed by atoms with Crippen molar-refractivity contribution in [3.8, 4) is 0 Å². The molecule has 1 aliphatic rings. The van der Waals surface area contributed by atoms with Gasteiger partial charge in [-0.1, -0.05) is 0 Å². The van der Waals surface area contributed by atoms with Gasteiger partial charge in [-0.25, -0.2) is 18.0 Å². The molecule has 116 valence electrons. The van der Waals surface area contributed by atoms with Crippen LogP contribution in [0.1, 0.15) is 23.7 Å². The molecule has 9 heteroatoms. The number of hydrogen-bond acceptors (Lipinski definition) is 5. The number of amides is 2. The highest BCUT2D eigenvalue weighted by Crippen LogP contribution is 2.25. The van der Waals surface area contributed by atoms with E-state index in [1.54, 1.807) is 12.3 Å². The Morgan fingerprint density at radius 1 is 1.52 bits per heavy atom. The van der Waals surface area contributed by atoms with Crippen LogP contribution in [-0.2, 0) is 9.84 Å². The normalized spacial score (nSPS) is 20.1. The molecule has 1 unspecified atom stereocenters. The van der Waals surface area contributed by atoms with E-state index in [-0.39, 0.29) is 28.1 Å². The summed E-state index contributed by atoms with van der Waals surface area (Å²) in [6.45, 7) is 2.12. The zero-order valence-electron chi connectivity index (χ0n) is 11.4. The molecule has 21 heavy (non-hydrogen) atoms. The van der Waals surface area contributed by atoms with Crippen LogP contribution < -0.4 is 5.32 Å². The summed E-state index contributed by atoms with van der Waals surface area (Å²) in [6, 6.07) is 0.594. The first-order valence-corrected chi connectivity index (χ1v) is 9.13. The summed E-state index contributed by atoms with van der Waals surface area (Å²) in [6.07, 6.45) is 0.416. The van der Waals surface area contributed by atoms with E-state index in [0.717, 1.165) is 11.3 Å². The second kappa shape index (κ2) is 6.02. The molecular weight excluding hydrogens is 316 g/mol. The second-order valence-electron chi connectivity index (χ2n) is 4.74. The first-order chi connectivity index (χ1) is 9.84. The SMILES string of the molecule is CCN(C(=O)Nc1sccc1C(=O)O)C1CCS(=O)(=O)C1. The van der Waals surface area contributed by atoms with Crippen LogP contribution in [0.25, 0.3) is 0 Å². The second-order valence-corrected chi connectivity index (χ2v) is 7.89. The van der Waals surface area contributed by atoms with Crippen molar-refractivity contribution in [2.45, 2.75) is 19.4 Å². The molecular formula is C12H16N2O5S2. The van der Waals surface area contributed by atoms with Crippen LogP contribution in [0.2, 0.25) is 0 Å². The number of carbonyl (C=O) groups is 2. The van der Waals surface area contributed by atoms with E-state index in [2.05, 4.69) is 5.32 Å². The molecule has 2 rings (SSSR count). The van der Waals surface area contributed by atoms with Crippen molar-refractivity contribution < 1.29 is 23.1 Å². The zero-order chi connectivity index (χ0) is 15.6. The van der Waals surface area contributed by atoms with Gasteiger partial charge in [0, 0.05) is 12.6 Å². The van der Waals surface area contributed by atoms with Crippen molar-refractivity contribution in [1.29, 1.82) is 0 Å².